The standard InChI is InChI=1S/C20H22ClN3OS/c1-3-23(4-2)12-13-24(19(25)15-8-7-9-16(21)14-15)20-22-17-10-5-6-11-18(17)26-20/h5-11,14H,3-4,12-13H2,1-2H3/p+1. The van der Waals surface area contributed by atoms with Crippen LogP contribution in [0.15, 0.2) is 48.5 Å². The van der Waals surface area contributed by atoms with Crippen molar-refractivity contribution in [3.8, 4) is 0 Å². The highest BCUT2D eigenvalue weighted by atomic mass is 35.5. The minimum absolute atomic E-state index is 0.0573. The molecule has 1 N–H and O–H groups in total. The number of hydrogen-bond acceptors (Lipinski definition) is 3. The first-order chi connectivity index (χ1) is 12.6. The van der Waals surface area contributed by atoms with E-state index in [2.05, 4.69) is 13.8 Å². The Labute approximate surface area is 163 Å². The van der Waals surface area contributed by atoms with Gasteiger partial charge in [-0.25, -0.2) is 4.98 Å². The van der Waals surface area contributed by atoms with E-state index in [1.807, 2.05) is 30.3 Å². The third kappa shape index (κ3) is 4.23. The summed E-state index contributed by atoms with van der Waals surface area (Å²) in [6.07, 6.45) is 0. The molecule has 0 radical (unpaired) electrons. The molecule has 1 aromatic heterocycles. The predicted octanol–water partition coefficient (Wildman–Crippen LogP) is 3.52. The van der Waals surface area contributed by atoms with Crippen molar-refractivity contribution in [3.63, 3.8) is 0 Å². The highest BCUT2D eigenvalue weighted by molar-refractivity contribution is 7.22. The lowest BCUT2D eigenvalue weighted by atomic mass is 10.2. The summed E-state index contributed by atoms with van der Waals surface area (Å²) < 4.78 is 1.08. The van der Waals surface area contributed by atoms with E-state index in [0.717, 1.165) is 35.0 Å². The molecule has 0 aliphatic heterocycles. The molecule has 0 saturated carbocycles. The molecule has 0 aliphatic rings. The molecule has 0 unspecified atom stereocenters. The molecule has 0 aliphatic carbocycles. The number of quaternary nitrogens is 1. The number of amides is 1. The van der Waals surface area contributed by atoms with E-state index in [4.69, 9.17) is 16.6 Å². The van der Waals surface area contributed by atoms with Crippen LogP contribution in [0.25, 0.3) is 10.2 Å². The fourth-order valence-corrected chi connectivity index (χ4v) is 4.09. The summed E-state index contributed by atoms with van der Waals surface area (Å²) >= 11 is 7.64. The van der Waals surface area contributed by atoms with E-state index in [-0.39, 0.29) is 5.91 Å². The lowest BCUT2D eigenvalue weighted by molar-refractivity contribution is -0.894. The Kier molecular flexibility index (Phi) is 6.25. The van der Waals surface area contributed by atoms with Gasteiger partial charge < -0.3 is 4.90 Å². The first-order valence-corrected chi connectivity index (χ1v) is 10.1. The van der Waals surface area contributed by atoms with Crippen LogP contribution < -0.4 is 9.80 Å². The number of carbonyl (C=O) groups is 1. The van der Waals surface area contributed by atoms with Crippen LogP contribution in [0.1, 0.15) is 24.2 Å². The molecule has 0 atom stereocenters. The molecule has 0 spiro atoms. The van der Waals surface area contributed by atoms with E-state index >= 15 is 0 Å². The number of fused-ring (bicyclic) bond motifs is 1. The maximum atomic E-state index is 13.2. The Balaban J connectivity index is 1.93. The topological polar surface area (TPSA) is 37.6 Å². The van der Waals surface area contributed by atoms with Gasteiger partial charge in [-0.3, -0.25) is 9.69 Å². The van der Waals surface area contributed by atoms with Gasteiger partial charge in [0.25, 0.3) is 5.91 Å². The maximum absolute atomic E-state index is 13.2. The number of carbonyl (C=O) groups excluding carboxylic acids is 1. The minimum Gasteiger partial charge on any atom is -0.334 e. The van der Waals surface area contributed by atoms with Crippen molar-refractivity contribution in [1.82, 2.24) is 4.98 Å². The number of likely N-dealkylation sites (N-methyl/N-ethyl adjacent to an activating group) is 1. The Morgan fingerprint density at radius 3 is 2.62 bits per heavy atom. The zero-order chi connectivity index (χ0) is 18.5. The number of para-hydroxylation sites is 1. The van der Waals surface area contributed by atoms with Gasteiger partial charge in [0.1, 0.15) is 0 Å². The number of nitrogens with one attached hydrogen (secondary N) is 1. The van der Waals surface area contributed by atoms with Gasteiger partial charge in [-0.05, 0) is 44.2 Å². The molecule has 0 fully saturated rings. The number of rotatable bonds is 7. The fourth-order valence-electron chi connectivity index (χ4n) is 2.91. The summed E-state index contributed by atoms with van der Waals surface area (Å²) in [6.45, 7) is 7.92. The number of benzene rings is 2. The van der Waals surface area contributed by atoms with Crippen molar-refractivity contribution in [2.24, 2.45) is 0 Å². The predicted molar refractivity (Wildman–Crippen MR) is 110 cm³/mol. The number of anilines is 1. The number of hydrogen-bond donors (Lipinski definition) is 1. The minimum atomic E-state index is -0.0573. The second-order valence-electron chi connectivity index (χ2n) is 6.14. The highest BCUT2D eigenvalue weighted by Crippen LogP contribution is 2.29. The van der Waals surface area contributed by atoms with Gasteiger partial charge in [0, 0.05) is 10.6 Å². The Bertz CT molecular complexity index is 858. The van der Waals surface area contributed by atoms with E-state index in [1.165, 1.54) is 4.90 Å². The maximum Gasteiger partial charge on any atom is 0.260 e. The first-order valence-electron chi connectivity index (χ1n) is 8.89. The van der Waals surface area contributed by atoms with Gasteiger partial charge in [-0.15, -0.1) is 0 Å². The number of aromatic nitrogens is 1. The summed E-state index contributed by atoms with van der Waals surface area (Å²) in [5.74, 6) is -0.0573. The third-order valence-electron chi connectivity index (χ3n) is 4.52. The Morgan fingerprint density at radius 1 is 1.15 bits per heavy atom. The summed E-state index contributed by atoms with van der Waals surface area (Å²) in [6, 6.07) is 15.1. The number of thiazole rings is 1. The zero-order valence-corrected chi connectivity index (χ0v) is 16.6. The van der Waals surface area contributed by atoms with Gasteiger partial charge in [-0.2, -0.15) is 0 Å². The normalized spacial score (nSPS) is 11.2. The number of halogens is 1. The lowest BCUT2D eigenvalue weighted by Crippen LogP contribution is -3.12. The van der Waals surface area contributed by atoms with Crippen molar-refractivity contribution < 1.29 is 9.69 Å². The lowest BCUT2D eigenvalue weighted by Gasteiger charge is -2.23. The largest absolute Gasteiger partial charge is 0.334 e. The van der Waals surface area contributed by atoms with Gasteiger partial charge in [0.05, 0.1) is 36.4 Å². The molecule has 26 heavy (non-hydrogen) atoms. The van der Waals surface area contributed by atoms with E-state index < -0.39 is 0 Å². The average Bonchev–Trinajstić information content (AvgIpc) is 3.08. The van der Waals surface area contributed by atoms with Gasteiger partial charge in [-0.1, -0.05) is 41.1 Å². The van der Waals surface area contributed by atoms with Crippen LogP contribution in [0.3, 0.4) is 0 Å². The van der Waals surface area contributed by atoms with Crippen LogP contribution in [-0.2, 0) is 0 Å². The van der Waals surface area contributed by atoms with Gasteiger partial charge in [0.15, 0.2) is 5.13 Å². The van der Waals surface area contributed by atoms with Crippen molar-refractivity contribution in [2.75, 3.05) is 31.1 Å². The van der Waals surface area contributed by atoms with Crippen LogP contribution in [0.4, 0.5) is 5.13 Å². The molecule has 6 heteroatoms. The van der Waals surface area contributed by atoms with Crippen LogP contribution >= 0.6 is 22.9 Å². The van der Waals surface area contributed by atoms with Crippen LogP contribution in [-0.4, -0.2) is 37.1 Å². The first kappa shape index (κ1) is 18.8. The molecule has 3 rings (SSSR count). The monoisotopic (exact) mass is 388 g/mol. The van der Waals surface area contributed by atoms with Crippen molar-refractivity contribution in [3.05, 3.63) is 59.1 Å². The van der Waals surface area contributed by atoms with Gasteiger partial charge in [0.2, 0.25) is 0 Å². The summed E-state index contributed by atoms with van der Waals surface area (Å²) in [5.41, 5.74) is 1.51. The van der Waals surface area contributed by atoms with E-state index in [1.54, 1.807) is 34.4 Å². The van der Waals surface area contributed by atoms with Crippen molar-refractivity contribution >= 4 is 44.2 Å². The van der Waals surface area contributed by atoms with Crippen LogP contribution in [0, 0.1) is 0 Å². The molecular formula is C20H23ClN3OS+. The quantitative estimate of drug-likeness (QED) is 0.672. The molecule has 4 nitrogen and oxygen atoms in total. The average molecular weight is 389 g/mol. The molecule has 0 bridgehead atoms. The molecule has 0 saturated heterocycles. The smallest absolute Gasteiger partial charge is 0.260 e. The Hall–Kier alpha value is -1.95. The summed E-state index contributed by atoms with van der Waals surface area (Å²) in [7, 11) is 0. The van der Waals surface area contributed by atoms with Crippen molar-refractivity contribution in [1.29, 1.82) is 0 Å². The van der Waals surface area contributed by atoms with E-state index in [9.17, 15) is 4.79 Å². The van der Waals surface area contributed by atoms with Crippen molar-refractivity contribution in [2.45, 2.75) is 13.8 Å². The molecule has 1 heterocycles. The van der Waals surface area contributed by atoms with Crippen LogP contribution in [0.5, 0.6) is 0 Å². The summed E-state index contributed by atoms with van der Waals surface area (Å²) in [4.78, 5) is 21.1. The zero-order valence-electron chi connectivity index (χ0n) is 15.0. The SMILES string of the molecule is CC[NH+](CC)CCN(C(=O)c1cccc(Cl)c1)c1nc2ccccc2s1. The third-order valence-corrected chi connectivity index (χ3v) is 5.81. The summed E-state index contributed by atoms with van der Waals surface area (Å²) in [5, 5.41) is 1.30. The molecular weight excluding hydrogens is 366 g/mol. The molecule has 136 valence electrons. The second-order valence-corrected chi connectivity index (χ2v) is 7.58. The van der Waals surface area contributed by atoms with Crippen LogP contribution in [0.2, 0.25) is 5.02 Å². The molecule has 3 aromatic rings. The number of nitrogens with zero attached hydrogens (tertiary/aromatic N) is 2. The Morgan fingerprint density at radius 2 is 1.92 bits per heavy atom. The van der Waals surface area contributed by atoms with Gasteiger partial charge >= 0.3 is 0 Å². The van der Waals surface area contributed by atoms with E-state index in [0.29, 0.717) is 17.1 Å². The second kappa shape index (κ2) is 8.62. The molecule has 2 aromatic carbocycles. The fraction of sp³-hybridized carbons (Fsp3) is 0.300. The highest BCUT2D eigenvalue weighted by Gasteiger charge is 2.22. The molecule has 1 amide bonds.